The smallest absolute Gasteiger partial charge is 0.341 e. The van der Waals surface area contributed by atoms with E-state index in [0.29, 0.717) is 15.3 Å². The molecule has 1 atom stereocenters. The number of rotatable bonds is 4. The molecule has 23 heavy (non-hydrogen) atoms. The van der Waals surface area contributed by atoms with E-state index in [0.717, 1.165) is 0 Å². The summed E-state index contributed by atoms with van der Waals surface area (Å²) in [7, 11) is 0. The number of carbonyl (C=O) groups is 2. The number of carbonyl (C=O) groups excluding carboxylic acids is 2. The maximum Gasteiger partial charge on any atom is 0.341 e. The van der Waals surface area contributed by atoms with E-state index in [9.17, 15) is 9.59 Å². The van der Waals surface area contributed by atoms with Gasteiger partial charge >= 0.3 is 5.97 Å². The monoisotopic (exact) mass is 397 g/mol. The summed E-state index contributed by atoms with van der Waals surface area (Å²) in [6.45, 7) is 1.46. The minimum atomic E-state index is -1.02. The summed E-state index contributed by atoms with van der Waals surface area (Å²) in [5.41, 5.74) is 6.19. The third-order valence-corrected chi connectivity index (χ3v) is 3.58. The van der Waals surface area contributed by atoms with Crippen LogP contribution in [0.2, 0.25) is 5.02 Å². The number of ether oxygens (including phenoxy) is 1. The van der Waals surface area contributed by atoms with E-state index in [-0.39, 0.29) is 11.3 Å². The second-order valence-corrected chi connectivity index (χ2v) is 5.98. The van der Waals surface area contributed by atoms with Crippen LogP contribution in [0.25, 0.3) is 0 Å². The fourth-order valence-corrected chi connectivity index (χ4v) is 2.13. The number of nitrogens with two attached hydrogens (primary N) is 1. The molecular weight excluding hydrogens is 386 g/mol. The number of hydrogen-bond donors (Lipinski definition) is 2. The van der Waals surface area contributed by atoms with Crippen molar-refractivity contribution in [2.45, 2.75) is 13.0 Å². The fraction of sp³-hybridized carbons (Fsp3) is 0.133. The van der Waals surface area contributed by atoms with E-state index in [1.54, 1.807) is 24.3 Å². The van der Waals surface area contributed by atoms with Gasteiger partial charge in [-0.2, -0.15) is 0 Å². The van der Waals surface area contributed by atoms with Gasteiger partial charge < -0.3 is 15.8 Å². The number of hydrogen-bond acceptors (Lipinski definition) is 5. The minimum absolute atomic E-state index is 0.184. The first-order chi connectivity index (χ1) is 10.9. The molecule has 0 bridgehead atoms. The second-order valence-electron chi connectivity index (χ2n) is 4.63. The van der Waals surface area contributed by atoms with Gasteiger partial charge in [-0.1, -0.05) is 27.5 Å². The Labute approximate surface area is 146 Å². The van der Waals surface area contributed by atoms with Gasteiger partial charge in [0.2, 0.25) is 0 Å². The van der Waals surface area contributed by atoms with Crippen LogP contribution in [0.15, 0.2) is 41.0 Å². The maximum atomic E-state index is 12.1. The molecule has 0 saturated heterocycles. The van der Waals surface area contributed by atoms with E-state index in [2.05, 4.69) is 26.2 Å². The van der Waals surface area contributed by atoms with Crippen molar-refractivity contribution in [3.05, 3.63) is 51.6 Å². The molecule has 0 aliphatic carbocycles. The molecule has 8 heteroatoms. The van der Waals surface area contributed by atoms with Crippen LogP contribution in [0.3, 0.4) is 0 Å². The van der Waals surface area contributed by atoms with Crippen LogP contribution < -0.4 is 11.1 Å². The number of nitrogen functional groups attached to an aromatic ring is 1. The summed E-state index contributed by atoms with van der Waals surface area (Å²) >= 11 is 8.96. The largest absolute Gasteiger partial charge is 0.449 e. The zero-order valence-electron chi connectivity index (χ0n) is 12.0. The molecule has 0 saturated carbocycles. The van der Waals surface area contributed by atoms with Crippen LogP contribution in [0, 0.1) is 0 Å². The van der Waals surface area contributed by atoms with Crippen molar-refractivity contribution in [3.63, 3.8) is 0 Å². The number of aromatic nitrogens is 1. The SMILES string of the molecule is C[C@H](OC(=O)c1cc(Br)ccc1N)C(=O)Nc1ccc(Cl)cn1. The zero-order chi connectivity index (χ0) is 17.0. The summed E-state index contributed by atoms with van der Waals surface area (Å²) < 4.78 is 5.81. The third kappa shape index (κ3) is 4.67. The molecule has 2 rings (SSSR count). The summed E-state index contributed by atoms with van der Waals surface area (Å²) in [4.78, 5) is 28.0. The predicted octanol–water partition coefficient (Wildman–Crippen LogP) is 3.26. The molecule has 0 spiro atoms. The number of pyridine rings is 1. The lowest BCUT2D eigenvalue weighted by atomic mass is 10.2. The zero-order valence-corrected chi connectivity index (χ0v) is 14.4. The standard InChI is InChI=1S/C15H13BrClN3O3/c1-8(14(21)20-13-5-3-10(17)7-19-13)23-15(22)11-6-9(16)2-4-12(11)18/h2-8H,18H2,1H3,(H,19,20,21)/t8-/m0/s1. The number of nitrogens with one attached hydrogen (secondary N) is 1. The molecule has 0 aliphatic heterocycles. The number of nitrogens with zero attached hydrogens (tertiary/aromatic N) is 1. The molecule has 0 radical (unpaired) electrons. The van der Waals surface area contributed by atoms with Gasteiger partial charge in [0.25, 0.3) is 5.91 Å². The minimum Gasteiger partial charge on any atom is -0.449 e. The Morgan fingerprint density at radius 3 is 2.74 bits per heavy atom. The normalized spacial score (nSPS) is 11.6. The Morgan fingerprint density at radius 2 is 2.09 bits per heavy atom. The van der Waals surface area contributed by atoms with Crippen molar-refractivity contribution >= 4 is 50.9 Å². The number of esters is 1. The van der Waals surface area contributed by atoms with Crippen molar-refractivity contribution in [3.8, 4) is 0 Å². The van der Waals surface area contributed by atoms with Gasteiger partial charge in [0.05, 0.1) is 10.6 Å². The molecule has 3 N–H and O–H groups in total. The lowest BCUT2D eigenvalue weighted by Crippen LogP contribution is -2.30. The summed E-state index contributed by atoms with van der Waals surface area (Å²) in [5.74, 6) is -0.887. The highest BCUT2D eigenvalue weighted by Crippen LogP contribution is 2.20. The summed E-state index contributed by atoms with van der Waals surface area (Å²) in [5, 5.41) is 2.98. The number of anilines is 2. The molecule has 1 aromatic carbocycles. The van der Waals surface area contributed by atoms with E-state index in [4.69, 9.17) is 22.1 Å². The Bertz CT molecular complexity index is 737. The van der Waals surface area contributed by atoms with E-state index in [1.165, 1.54) is 19.2 Å². The van der Waals surface area contributed by atoms with Crippen molar-refractivity contribution in [2.75, 3.05) is 11.1 Å². The highest BCUT2D eigenvalue weighted by atomic mass is 79.9. The van der Waals surface area contributed by atoms with Gasteiger partial charge in [0, 0.05) is 16.4 Å². The van der Waals surface area contributed by atoms with E-state index >= 15 is 0 Å². The number of halogens is 2. The van der Waals surface area contributed by atoms with E-state index in [1.807, 2.05) is 0 Å². The van der Waals surface area contributed by atoms with Gasteiger partial charge in [0.15, 0.2) is 6.10 Å². The molecular formula is C15H13BrClN3O3. The Balaban J connectivity index is 2.01. The van der Waals surface area contributed by atoms with Gasteiger partial charge in [-0.15, -0.1) is 0 Å². The van der Waals surface area contributed by atoms with Crippen molar-refractivity contribution < 1.29 is 14.3 Å². The van der Waals surface area contributed by atoms with Crippen LogP contribution in [0.5, 0.6) is 0 Å². The molecule has 2 aromatic rings. The fourth-order valence-electron chi connectivity index (χ4n) is 1.66. The van der Waals surface area contributed by atoms with E-state index < -0.39 is 18.0 Å². The predicted molar refractivity (Wildman–Crippen MR) is 91.3 cm³/mol. The lowest BCUT2D eigenvalue weighted by molar-refractivity contribution is -0.123. The third-order valence-electron chi connectivity index (χ3n) is 2.87. The Hall–Kier alpha value is -2.12. The van der Waals surface area contributed by atoms with Crippen molar-refractivity contribution in [1.82, 2.24) is 4.98 Å². The first-order valence-electron chi connectivity index (χ1n) is 6.55. The lowest BCUT2D eigenvalue weighted by Gasteiger charge is -2.14. The molecule has 0 fully saturated rings. The summed E-state index contributed by atoms with van der Waals surface area (Å²) in [6.07, 6.45) is 0.383. The van der Waals surface area contributed by atoms with Crippen LogP contribution in [0.1, 0.15) is 17.3 Å². The average molecular weight is 399 g/mol. The number of benzene rings is 1. The van der Waals surface area contributed by atoms with Crippen LogP contribution >= 0.6 is 27.5 Å². The Kier molecular flexibility index (Phi) is 5.57. The average Bonchev–Trinajstić information content (AvgIpc) is 2.51. The first-order valence-corrected chi connectivity index (χ1v) is 7.72. The van der Waals surface area contributed by atoms with Crippen molar-refractivity contribution in [1.29, 1.82) is 0 Å². The van der Waals surface area contributed by atoms with Gasteiger partial charge in [-0.05, 0) is 37.3 Å². The quantitative estimate of drug-likeness (QED) is 0.609. The number of amides is 1. The summed E-state index contributed by atoms with van der Waals surface area (Å²) in [6, 6.07) is 7.94. The van der Waals surface area contributed by atoms with Crippen LogP contribution in [0.4, 0.5) is 11.5 Å². The topological polar surface area (TPSA) is 94.3 Å². The maximum absolute atomic E-state index is 12.1. The van der Waals surface area contributed by atoms with Crippen LogP contribution in [-0.2, 0) is 9.53 Å². The van der Waals surface area contributed by atoms with Gasteiger partial charge in [-0.3, -0.25) is 4.79 Å². The molecule has 6 nitrogen and oxygen atoms in total. The molecule has 1 amide bonds. The molecule has 0 unspecified atom stereocenters. The van der Waals surface area contributed by atoms with Gasteiger partial charge in [0.1, 0.15) is 5.82 Å². The first kappa shape index (κ1) is 17.2. The van der Waals surface area contributed by atoms with Crippen LogP contribution in [-0.4, -0.2) is 23.0 Å². The molecule has 1 heterocycles. The highest BCUT2D eigenvalue weighted by Gasteiger charge is 2.21. The molecule has 1 aromatic heterocycles. The Morgan fingerprint density at radius 1 is 1.35 bits per heavy atom. The van der Waals surface area contributed by atoms with Crippen molar-refractivity contribution in [2.24, 2.45) is 0 Å². The highest BCUT2D eigenvalue weighted by molar-refractivity contribution is 9.10. The molecule has 0 aliphatic rings. The van der Waals surface area contributed by atoms with Gasteiger partial charge in [-0.25, -0.2) is 9.78 Å². The molecule has 120 valence electrons. The second kappa shape index (κ2) is 7.43.